The summed E-state index contributed by atoms with van der Waals surface area (Å²) in [5.41, 5.74) is 1.12. The lowest BCUT2D eigenvalue weighted by Crippen LogP contribution is -2.63. The fourth-order valence-electron chi connectivity index (χ4n) is 9.93. The zero-order valence-corrected chi connectivity index (χ0v) is 22.4. The molecular weight excluding hydrogens is 424 g/mol. The summed E-state index contributed by atoms with van der Waals surface area (Å²) in [5, 5.41) is 32.2. The van der Waals surface area contributed by atoms with E-state index in [0.29, 0.717) is 31.1 Å². The Morgan fingerprint density at radius 2 is 1.59 bits per heavy atom. The van der Waals surface area contributed by atoms with Crippen molar-refractivity contribution in [3.63, 3.8) is 0 Å². The number of carbonyl (C=O) groups is 1. The zero-order valence-electron chi connectivity index (χ0n) is 22.4. The second kappa shape index (κ2) is 7.00. The molecule has 3 N–H and O–H groups in total. The molecule has 0 amide bonds. The van der Waals surface area contributed by atoms with E-state index in [4.69, 9.17) is 0 Å². The van der Waals surface area contributed by atoms with Crippen LogP contribution in [0.15, 0.2) is 23.3 Å². The van der Waals surface area contributed by atoms with Crippen molar-refractivity contribution in [1.29, 1.82) is 0 Å². The van der Waals surface area contributed by atoms with Crippen LogP contribution in [0.3, 0.4) is 0 Å². The molecule has 0 bridgehead atoms. The second-order valence-corrected chi connectivity index (χ2v) is 14.7. The smallest absolute Gasteiger partial charge is 0.313 e. The van der Waals surface area contributed by atoms with E-state index in [1.54, 1.807) is 0 Å². The summed E-state index contributed by atoms with van der Waals surface area (Å²) in [6.45, 7) is 16.1. The van der Waals surface area contributed by atoms with Crippen LogP contribution < -0.4 is 0 Å². The number of allylic oxidation sites excluding steroid dienone is 3. The maximum Gasteiger partial charge on any atom is 0.313 e. The fourth-order valence-corrected chi connectivity index (χ4v) is 9.93. The second-order valence-electron chi connectivity index (χ2n) is 14.7. The molecule has 3 fully saturated rings. The number of carboxylic acid groups (broad SMARTS) is 1. The van der Waals surface area contributed by atoms with Crippen molar-refractivity contribution < 1.29 is 20.1 Å². The summed E-state index contributed by atoms with van der Waals surface area (Å²) in [6.07, 6.45) is 10.5. The number of aliphatic hydroxyl groups is 2. The molecule has 0 saturated heterocycles. The summed E-state index contributed by atoms with van der Waals surface area (Å²) in [6, 6.07) is 0. The highest BCUT2D eigenvalue weighted by Crippen LogP contribution is 2.74. The Kier molecular flexibility index (Phi) is 5.06. The normalized spacial score (nSPS) is 51.1. The van der Waals surface area contributed by atoms with Gasteiger partial charge in [-0.15, -0.1) is 0 Å². The van der Waals surface area contributed by atoms with E-state index in [1.165, 1.54) is 5.57 Å². The molecule has 3 saturated carbocycles. The van der Waals surface area contributed by atoms with Crippen LogP contribution in [-0.2, 0) is 4.79 Å². The number of hydrogen-bond acceptors (Lipinski definition) is 3. The number of rotatable bonds is 1. The van der Waals surface area contributed by atoms with Crippen LogP contribution in [-0.4, -0.2) is 33.5 Å². The van der Waals surface area contributed by atoms with Gasteiger partial charge in [0.15, 0.2) is 0 Å². The largest absolute Gasteiger partial charge is 0.481 e. The first-order chi connectivity index (χ1) is 15.6. The highest BCUT2D eigenvalue weighted by Gasteiger charge is 2.67. The van der Waals surface area contributed by atoms with E-state index in [0.717, 1.165) is 37.7 Å². The SMILES string of the molecule is CC1(C)CC2=C3C=C[C@@H]4[C@@]5(C)CC[C@H](O)C(C)(C)[C@H]5CC[C@@]4(C)[C@]3(C)CC[C@@]2(C(=O)O)C[C@@H]1O. The third kappa shape index (κ3) is 2.76. The molecule has 190 valence electrons. The molecule has 0 aromatic rings. The van der Waals surface area contributed by atoms with Crippen molar-refractivity contribution in [2.75, 3.05) is 0 Å². The minimum Gasteiger partial charge on any atom is -0.481 e. The van der Waals surface area contributed by atoms with Gasteiger partial charge in [-0.3, -0.25) is 4.79 Å². The Balaban J connectivity index is 1.68. The molecule has 34 heavy (non-hydrogen) atoms. The van der Waals surface area contributed by atoms with Gasteiger partial charge in [0.25, 0.3) is 0 Å². The van der Waals surface area contributed by atoms with Crippen molar-refractivity contribution >= 4 is 5.97 Å². The summed E-state index contributed by atoms with van der Waals surface area (Å²) >= 11 is 0. The summed E-state index contributed by atoms with van der Waals surface area (Å²) in [5.74, 6) is 0.139. The average Bonchev–Trinajstić information content (AvgIpc) is 2.72. The molecule has 4 heteroatoms. The van der Waals surface area contributed by atoms with E-state index < -0.39 is 17.5 Å². The van der Waals surface area contributed by atoms with E-state index in [2.05, 4.69) is 60.6 Å². The molecule has 8 atom stereocenters. The quantitative estimate of drug-likeness (QED) is 0.431. The molecular formula is C30H46O4. The molecule has 0 aromatic heterocycles. The van der Waals surface area contributed by atoms with Crippen LogP contribution in [0, 0.1) is 44.3 Å². The lowest BCUT2D eigenvalue weighted by atomic mass is 9.35. The van der Waals surface area contributed by atoms with Crippen molar-refractivity contribution in [1.82, 2.24) is 0 Å². The van der Waals surface area contributed by atoms with Crippen LogP contribution in [0.2, 0.25) is 0 Å². The Bertz CT molecular complexity index is 974. The van der Waals surface area contributed by atoms with Crippen LogP contribution in [0.5, 0.6) is 0 Å². The Hall–Kier alpha value is -1.13. The Labute approximate surface area is 205 Å². The first-order valence-electron chi connectivity index (χ1n) is 13.6. The van der Waals surface area contributed by atoms with Gasteiger partial charge < -0.3 is 15.3 Å². The predicted octanol–water partition coefficient (Wildman–Crippen LogP) is 6.12. The summed E-state index contributed by atoms with van der Waals surface area (Å²) in [4.78, 5) is 12.8. The molecule has 4 nitrogen and oxygen atoms in total. The maximum atomic E-state index is 12.8. The van der Waals surface area contributed by atoms with E-state index >= 15 is 0 Å². The standard InChI is InChI=1S/C30H46O4/c1-25(2)16-19-18-8-9-21-27(5)12-11-22(31)26(3,4)20(27)10-13-29(21,7)28(18,6)14-15-30(19,24(33)34)17-23(25)32/h8-9,20-23,31-32H,10-17H2,1-7H3,(H,33,34)/t20-,21-,22+,23+,27+,28-,29-,30-/m1/s1. The van der Waals surface area contributed by atoms with Crippen LogP contribution in [0.4, 0.5) is 0 Å². The molecule has 0 aromatic carbocycles. The van der Waals surface area contributed by atoms with Gasteiger partial charge in [-0.1, -0.05) is 60.6 Å². The topological polar surface area (TPSA) is 77.8 Å². The third-order valence-corrected chi connectivity index (χ3v) is 12.6. The maximum absolute atomic E-state index is 12.8. The monoisotopic (exact) mass is 470 g/mol. The van der Waals surface area contributed by atoms with Crippen molar-refractivity contribution in [2.24, 2.45) is 44.3 Å². The van der Waals surface area contributed by atoms with Gasteiger partial charge in [0.2, 0.25) is 0 Å². The van der Waals surface area contributed by atoms with Gasteiger partial charge in [-0.2, -0.15) is 0 Å². The average molecular weight is 471 g/mol. The minimum absolute atomic E-state index is 0.0541. The lowest BCUT2D eigenvalue weighted by molar-refractivity contribution is -0.184. The van der Waals surface area contributed by atoms with Gasteiger partial charge >= 0.3 is 5.97 Å². The summed E-state index contributed by atoms with van der Waals surface area (Å²) in [7, 11) is 0. The molecule has 0 aliphatic heterocycles. The van der Waals surface area contributed by atoms with Crippen LogP contribution in [0.1, 0.15) is 99.8 Å². The van der Waals surface area contributed by atoms with E-state index in [9.17, 15) is 20.1 Å². The van der Waals surface area contributed by atoms with Crippen LogP contribution >= 0.6 is 0 Å². The molecule has 5 aliphatic rings. The van der Waals surface area contributed by atoms with Crippen molar-refractivity contribution in [2.45, 2.75) is 112 Å². The lowest BCUT2D eigenvalue weighted by Gasteiger charge is -2.69. The Morgan fingerprint density at radius 1 is 0.912 bits per heavy atom. The number of fused-ring (bicyclic) bond motifs is 6. The molecule has 0 heterocycles. The van der Waals surface area contributed by atoms with Gasteiger partial charge in [-0.25, -0.2) is 0 Å². The number of hydrogen-bond donors (Lipinski definition) is 3. The van der Waals surface area contributed by atoms with Crippen molar-refractivity contribution in [3.05, 3.63) is 23.3 Å². The number of aliphatic carboxylic acids is 1. The fraction of sp³-hybridized carbons (Fsp3) is 0.833. The van der Waals surface area contributed by atoms with Crippen molar-refractivity contribution in [3.8, 4) is 0 Å². The van der Waals surface area contributed by atoms with Gasteiger partial charge in [0.05, 0.1) is 17.6 Å². The van der Waals surface area contributed by atoms with E-state index in [-0.39, 0.29) is 33.2 Å². The molecule has 5 rings (SSSR count). The Morgan fingerprint density at radius 3 is 2.24 bits per heavy atom. The van der Waals surface area contributed by atoms with Gasteiger partial charge in [-0.05, 0) is 101 Å². The van der Waals surface area contributed by atoms with E-state index in [1.807, 2.05) is 0 Å². The van der Waals surface area contributed by atoms with Gasteiger partial charge in [0.1, 0.15) is 0 Å². The van der Waals surface area contributed by atoms with Gasteiger partial charge in [0, 0.05) is 0 Å². The molecule has 5 aliphatic carbocycles. The molecule has 0 spiro atoms. The zero-order chi connectivity index (χ0) is 25.1. The predicted molar refractivity (Wildman–Crippen MR) is 134 cm³/mol. The number of aliphatic hydroxyl groups excluding tert-OH is 2. The first kappa shape index (κ1) is 24.6. The highest BCUT2D eigenvalue weighted by atomic mass is 16.4. The minimum atomic E-state index is -0.935. The van der Waals surface area contributed by atoms with Crippen LogP contribution in [0.25, 0.3) is 0 Å². The first-order valence-corrected chi connectivity index (χ1v) is 13.6. The number of carboxylic acids is 1. The third-order valence-electron chi connectivity index (χ3n) is 12.6. The molecule has 0 unspecified atom stereocenters. The summed E-state index contributed by atoms with van der Waals surface area (Å²) < 4.78 is 0. The molecule has 0 radical (unpaired) electrons. The highest BCUT2D eigenvalue weighted by molar-refractivity contribution is 5.80.